The number of aliphatic carboxylic acids is 1. The molecule has 0 rings (SSSR count). The van der Waals surface area contributed by atoms with Crippen LogP contribution in [0.2, 0.25) is 0 Å². The lowest BCUT2D eigenvalue weighted by Gasteiger charge is -2.18. The van der Waals surface area contributed by atoms with Crippen LogP contribution in [0.1, 0.15) is 12.8 Å². The zero-order valence-electron chi connectivity index (χ0n) is 8.89. The highest BCUT2D eigenvalue weighted by Gasteiger charge is 2.20. The van der Waals surface area contributed by atoms with Crippen LogP contribution < -0.4 is 11.5 Å². The first-order valence-electron chi connectivity index (χ1n) is 4.67. The minimum atomic E-state index is -4.61. The van der Waals surface area contributed by atoms with Crippen molar-refractivity contribution in [1.29, 1.82) is 0 Å². The Morgan fingerprint density at radius 2 is 1.82 bits per heavy atom. The van der Waals surface area contributed by atoms with Gasteiger partial charge < -0.3 is 21.7 Å². The molecule has 9 nitrogen and oxygen atoms in total. The monoisotopic (exact) mass is 272 g/mol. The van der Waals surface area contributed by atoms with Crippen LogP contribution in [0, 0.1) is 0 Å². The molecule has 0 aliphatic rings. The van der Waals surface area contributed by atoms with Gasteiger partial charge in [-0.25, -0.2) is 4.18 Å². The molecule has 0 aromatic heterocycles. The van der Waals surface area contributed by atoms with Gasteiger partial charge in [-0.1, -0.05) is 0 Å². The number of aliphatic hydroxyl groups is 1. The van der Waals surface area contributed by atoms with E-state index in [1.54, 1.807) is 0 Å². The van der Waals surface area contributed by atoms with Gasteiger partial charge in [-0.3, -0.25) is 9.35 Å². The number of aliphatic hydroxyl groups excluding tert-OH is 1. The maximum absolute atomic E-state index is 10.4. The summed E-state index contributed by atoms with van der Waals surface area (Å²) in [5.74, 6) is -1.21. The highest BCUT2D eigenvalue weighted by atomic mass is 32.3. The SMILES string of the molecule is N[C@@H](CC[C@H](O)[C@@H](N)COS(=O)(=O)O)C(=O)O. The number of rotatable bonds is 8. The highest BCUT2D eigenvalue weighted by molar-refractivity contribution is 7.80. The average molecular weight is 272 g/mol. The third-order valence-electron chi connectivity index (χ3n) is 1.99. The number of carbonyl (C=O) groups is 1. The topological polar surface area (TPSA) is 173 Å². The Labute approximate surface area is 98.3 Å². The first-order chi connectivity index (χ1) is 7.63. The fraction of sp³-hybridized carbons (Fsp3) is 0.857. The van der Waals surface area contributed by atoms with Crippen molar-refractivity contribution in [3.8, 4) is 0 Å². The Kier molecular flexibility index (Phi) is 6.52. The van der Waals surface area contributed by atoms with Gasteiger partial charge in [-0.15, -0.1) is 0 Å². The Morgan fingerprint density at radius 3 is 2.24 bits per heavy atom. The van der Waals surface area contributed by atoms with Crippen molar-refractivity contribution in [3.63, 3.8) is 0 Å². The van der Waals surface area contributed by atoms with Crippen molar-refractivity contribution in [3.05, 3.63) is 0 Å². The number of nitrogens with two attached hydrogens (primary N) is 2. The first-order valence-corrected chi connectivity index (χ1v) is 6.04. The summed E-state index contributed by atoms with van der Waals surface area (Å²) in [4.78, 5) is 10.4. The summed E-state index contributed by atoms with van der Waals surface area (Å²) in [7, 11) is -4.61. The van der Waals surface area contributed by atoms with Crippen molar-refractivity contribution < 1.29 is 32.2 Å². The van der Waals surface area contributed by atoms with Crippen molar-refractivity contribution in [2.24, 2.45) is 11.5 Å². The molecule has 0 unspecified atom stereocenters. The predicted molar refractivity (Wildman–Crippen MR) is 56.3 cm³/mol. The Morgan fingerprint density at radius 1 is 1.29 bits per heavy atom. The van der Waals surface area contributed by atoms with Crippen LogP contribution in [0.5, 0.6) is 0 Å². The second-order valence-electron chi connectivity index (χ2n) is 3.47. The Balaban J connectivity index is 3.98. The molecule has 0 fully saturated rings. The zero-order valence-corrected chi connectivity index (χ0v) is 9.71. The zero-order chi connectivity index (χ0) is 13.6. The molecule has 0 aliphatic heterocycles. The first kappa shape index (κ1) is 16.2. The van der Waals surface area contributed by atoms with Crippen molar-refractivity contribution in [1.82, 2.24) is 0 Å². The fourth-order valence-corrected chi connectivity index (χ4v) is 1.29. The maximum atomic E-state index is 10.4. The standard InChI is InChI=1S/C7H16N2O7S/c8-4(7(11)12)1-2-6(10)5(9)3-16-17(13,14)15/h4-6,10H,1-3,8-9H2,(H,11,12)(H,13,14,15)/t4-,5-,6-/m0/s1. The van der Waals surface area contributed by atoms with Gasteiger partial charge in [0.15, 0.2) is 0 Å². The summed E-state index contributed by atoms with van der Waals surface area (Å²) in [5, 5.41) is 17.9. The molecule has 0 aromatic rings. The molecule has 0 aromatic carbocycles. The molecule has 3 atom stereocenters. The lowest BCUT2D eigenvalue weighted by molar-refractivity contribution is -0.138. The van der Waals surface area contributed by atoms with E-state index in [9.17, 15) is 18.3 Å². The molecule has 0 bridgehead atoms. The summed E-state index contributed by atoms with van der Waals surface area (Å²) >= 11 is 0. The second-order valence-corrected chi connectivity index (χ2v) is 4.56. The van der Waals surface area contributed by atoms with Crippen LogP contribution >= 0.6 is 0 Å². The number of carboxylic acid groups (broad SMARTS) is 1. The molecule has 0 saturated carbocycles. The van der Waals surface area contributed by atoms with Gasteiger partial charge in [-0.2, -0.15) is 8.42 Å². The largest absolute Gasteiger partial charge is 0.480 e. The van der Waals surface area contributed by atoms with Crippen molar-refractivity contribution in [2.75, 3.05) is 6.61 Å². The van der Waals surface area contributed by atoms with Crippen LogP contribution in [0.25, 0.3) is 0 Å². The van der Waals surface area contributed by atoms with Gasteiger partial charge in [0, 0.05) is 0 Å². The summed E-state index contributed by atoms with van der Waals surface area (Å²) in [6, 6.07) is -2.20. The molecule has 0 aliphatic carbocycles. The lowest BCUT2D eigenvalue weighted by Crippen LogP contribution is -2.41. The molecule has 0 radical (unpaired) electrons. The van der Waals surface area contributed by atoms with E-state index in [-0.39, 0.29) is 12.8 Å². The number of hydrogen-bond donors (Lipinski definition) is 5. The fourth-order valence-electron chi connectivity index (χ4n) is 0.963. The van der Waals surface area contributed by atoms with Crippen LogP contribution in [0.4, 0.5) is 0 Å². The molecule has 7 N–H and O–H groups in total. The normalized spacial score (nSPS) is 17.4. The predicted octanol–water partition coefficient (Wildman–Crippen LogP) is -2.31. The number of carboxylic acids is 1. The van der Waals surface area contributed by atoms with E-state index in [2.05, 4.69) is 4.18 Å². The van der Waals surface area contributed by atoms with Crippen LogP contribution in [-0.4, -0.2) is 53.9 Å². The van der Waals surface area contributed by atoms with Gasteiger partial charge in [0.1, 0.15) is 6.04 Å². The lowest BCUT2D eigenvalue weighted by atomic mass is 10.0. The Bertz CT molecular complexity index is 344. The molecule has 0 amide bonds. The van der Waals surface area contributed by atoms with Crippen molar-refractivity contribution >= 4 is 16.4 Å². The van der Waals surface area contributed by atoms with Crippen LogP contribution in [0.3, 0.4) is 0 Å². The van der Waals surface area contributed by atoms with E-state index < -0.39 is 41.2 Å². The quantitative estimate of drug-likeness (QED) is 0.304. The van der Waals surface area contributed by atoms with E-state index in [1.165, 1.54) is 0 Å². The van der Waals surface area contributed by atoms with Crippen molar-refractivity contribution in [2.45, 2.75) is 31.0 Å². The van der Waals surface area contributed by atoms with Gasteiger partial charge in [0.05, 0.1) is 18.8 Å². The van der Waals surface area contributed by atoms with Gasteiger partial charge in [0.2, 0.25) is 0 Å². The van der Waals surface area contributed by atoms with Gasteiger partial charge in [0.25, 0.3) is 0 Å². The molecule has 17 heavy (non-hydrogen) atoms. The summed E-state index contributed by atoms with van der Waals surface area (Å²) < 4.78 is 32.6. The Hall–Kier alpha value is -0.780. The number of hydrogen-bond acceptors (Lipinski definition) is 7. The van der Waals surface area contributed by atoms with Gasteiger partial charge in [-0.05, 0) is 12.8 Å². The maximum Gasteiger partial charge on any atom is 0.397 e. The second kappa shape index (κ2) is 6.83. The smallest absolute Gasteiger partial charge is 0.397 e. The van der Waals surface area contributed by atoms with Crippen LogP contribution in [-0.2, 0) is 19.4 Å². The molecule has 0 heterocycles. The molecular weight excluding hydrogens is 256 g/mol. The van der Waals surface area contributed by atoms with E-state index >= 15 is 0 Å². The molecule has 10 heteroatoms. The third-order valence-corrected chi connectivity index (χ3v) is 2.43. The molecule has 102 valence electrons. The van der Waals surface area contributed by atoms with Gasteiger partial charge >= 0.3 is 16.4 Å². The molecule has 0 spiro atoms. The third kappa shape index (κ3) is 8.01. The summed E-state index contributed by atoms with van der Waals surface area (Å²) in [5.41, 5.74) is 10.5. The van der Waals surface area contributed by atoms with E-state index in [4.69, 9.17) is 21.1 Å². The summed E-state index contributed by atoms with van der Waals surface area (Å²) in [6.45, 7) is -0.609. The van der Waals surface area contributed by atoms with E-state index in [0.717, 1.165) is 0 Å². The summed E-state index contributed by atoms with van der Waals surface area (Å²) in [6.07, 6.45) is -1.22. The average Bonchev–Trinajstić information content (AvgIpc) is 2.20. The van der Waals surface area contributed by atoms with Crippen LogP contribution in [0.15, 0.2) is 0 Å². The molecule has 0 saturated heterocycles. The molecular formula is C7H16N2O7S. The van der Waals surface area contributed by atoms with E-state index in [1.807, 2.05) is 0 Å². The minimum absolute atomic E-state index is 0.0178. The van der Waals surface area contributed by atoms with E-state index in [0.29, 0.717) is 0 Å². The minimum Gasteiger partial charge on any atom is -0.480 e. The highest BCUT2D eigenvalue weighted by Crippen LogP contribution is 2.04.